The van der Waals surface area contributed by atoms with E-state index in [4.69, 9.17) is 9.47 Å². The van der Waals surface area contributed by atoms with Gasteiger partial charge in [-0.2, -0.15) is 0 Å². The molecule has 0 N–H and O–H groups in total. The van der Waals surface area contributed by atoms with Crippen LogP contribution < -0.4 is 9.47 Å². The fourth-order valence-electron chi connectivity index (χ4n) is 5.25. The molecule has 0 aliphatic rings. The van der Waals surface area contributed by atoms with Gasteiger partial charge in [-0.05, 0) is 97.7 Å². The Morgan fingerprint density at radius 1 is 0.432 bits per heavy atom. The van der Waals surface area contributed by atoms with E-state index in [9.17, 15) is 9.59 Å². The zero-order chi connectivity index (χ0) is 30.5. The standard InChI is InChI=1S/C40H28O4/c1-3-39(41)43-33-19-14-28(15-20-33)35-23-18-32(27-10-6-5-7-11-27)26-37(35)38-25-31-13-9-8-12-30(31)24-36(38)29-16-21-34(22-17-29)44-40(42)4-2/h3-26H,1-2H2. The van der Waals surface area contributed by atoms with E-state index < -0.39 is 11.9 Å². The maximum atomic E-state index is 11.8. The number of carbonyl (C=O) groups excluding carboxylic acids is 2. The average Bonchev–Trinajstić information content (AvgIpc) is 3.08. The van der Waals surface area contributed by atoms with Gasteiger partial charge in [0.25, 0.3) is 0 Å². The first-order valence-corrected chi connectivity index (χ1v) is 14.1. The third kappa shape index (κ3) is 5.96. The van der Waals surface area contributed by atoms with Crippen molar-refractivity contribution < 1.29 is 19.1 Å². The second-order valence-corrected chi connectivity index (χ2v) is 10.2. The van der Waals surface area contributed by atoms with E-state index in [0.717, 1.165) is 67.4 Å². The topological polar surface area (TPSA) is 52.6 Å². The van der Waals surface area contributed by atoms with Crippen LogP contribution in [0, 0.1) is 0 Å². The fraction of sp³-hybridized carbons (Fsp3) is 0. The lowest BCUT2D eigenvalue weighted by Crippen LogP contribution is -2.02. The van der Waals surface area contributed by atoms with Crippen molar-refractivity contribution in [3.05, 3.63) is 159 Å². The number of fused-ring (bicyclic) bond motifs is 1. The van der Waals surface area contributed by atoms with Gasteiger partial charge in [0.15, 0.2) is 0 Å². The summed E-state index contributed by atoms with van der Waals surface area (Å²) in [5.74, 6) is -0.108. The van der Waals surface area contributed by atoms with Gasteiger partial charge in [0.05, 0.1) is 0 Å². The molecule has 0 heterocycles. The monoisotopic (exact) mass is 572 g/mol. The lowest BCUT2D eigenvalue weighted by atomic mass is 9.86. The molecule has 4 nitrogen and oxygen atoms in total. The smallest absolute Gasteiger partial charge is 0.335 e. The average molecular weight is 573 g/mol. The summed E-state index contributed by atoms with van der Waals surface area (Å²) in [7, 11) is 0. The van der Waals surface area contributed by atoms with Crippen molar-refractivity contribution in [2.75, 3.05) is 0 Å². The predicted octanol–water partition coefficient (Wildman–Crippen LogP) is 9.69. The molecule has 0 aliphatic carbocycles. The molecule has 6 aromatic carbocycles. The van der Waals surface area contributed by atoms with Crippen LogP contribution in [0.15, 0.2) is 159 Å². The van der Waals surface area contributed by atoms with Gasteiger partial charge < -0.3 is 9.47 Å². The molecule has 0 amide bonds. The Morgan fingerprint density at radius 2 is 0.886 bits per heavy atom. The summed E-state index contributed by atoms with van der Waals surface area (Å²) < 4.78 is 10.6. The normalized spacial score (nSPS) is 10.6. The molecule has 0 aliphatic heterocycles. The molecule has 0 fully saturated rings. The van der Waals surface area contributed by atoms with E-state index in [-0.39, 0.29) is 0 Å². The third-order valence-corrected chi connectivity index (χ3v) is 7.40. The van der Waals surface area contributed by atoms with Crippen LogP contribution in [0.4, 0.5) is 0 Å². The number of hydrogen-bond acceptors (Lipinski definition) is 4. The summed E-state index contributed by atoms with van der Waals surface area (Å²) in [5, 5.41) is 2.23. The van der Waals surface area contributed by atoms with Gasteiger partial charge in [-0.15, -0.1) is 0 Å². The maximum Gasteiger partial charge on any atom is 0.335 e. The Labute approximate surface area is 256 Å². The maximum absolute atomic E-state index is 11.8. The van der Waals surface area contributed by atoms with E-state index in [1.807, 2.05) is 54.6 Å². The Bertz CT molecular complexity index is 2000. The van der Waals surface area contributed by atoms with Gasteiger partial charge in [0.1, 0.15) is 11.5 Å². The van der Waals surface area contributed by atoms with Crippen LogP contribution in [0.3, 0.4) is 0 Å². The van der Waals surface area contributed by atoms with Gasteiger partial charge >= 0.3 is 11.9 Å². The van der Waals surface area contributed by atoms with E-state index in [0.29, 0.717) is 11.5 Å². The third-order valence-electron chi connectivity index (χ3n) is 7.40. The summed E-state index contributed by atoms with van der Waals surface area (Å²) in [5.41, 5.74) is 8.32. The van der Waals surface area contributed by atoms with Crippen molar-refractivity contribution in [1.82, 2.24) is 0 Å². The summed E-state index contributed by atoms with van der Waals surface area (Å²) >= 11 is 0. The van der Waals surface area contributed by atoms with Crippen molar-refractivity contribution in [2.45, 2.75) is 0 Å². The molecule has 6 aromatic rings. The molecule has 0 saturated carbocycles. The van der Waals surface area contributed by atoms with E-state index in [1.165, 1.54) is 0 Å². The van der Waals surface area contributed by atoms with Gasteiger partial charge in [0, 0.05) is 12.2 Å². The Kier molecular flexibility index (Phi) is 7.98. The minimum absolute atomic E-state index is 0.449. The predicted molar refractivity (Wildman–Crippen MR) is 177 cm³/mol. The lowest BCUT2D eigenvalue weighted by molar-refractivity contribution is -0.129. The minimum atomic E-state index is -0.503. The number of rotatable bonds is 8. The highest BCUT2D eigenvalue weighted by Crippen LogP contribution is 2.42. The van der Waals surface area contributed by atoms with Gasteiger partial charge in [0.2, 0.25) is 0 Å². The van der Waals surface area contributed by atoms with E-state index >= 15 is 0 Å². The molecule has 4 heteroatoms. The zero-order valence-electron chi connectivity index (χ0n) is 23.9. The van der Waals surface area contributed by atoms with Crippen LogP contribution in [-0.4, -0.2) is 11.9 Å². The van der Waals surface area contributed by atoms with Crippen LogP contribution in [0.1, 0.15) is 0 Å². The molecule has 0 radical (unpaired) electrons. The lowest BCUT2D eigenvalue weighted by Gasteiger charge is -2.18. The first-order valence-electron chi connectivity index (χ1n) is 14.1. The van der Waals surface area contributed by atoms with E-state index in [1.54, 1.807) is 24.3 Å². The number of benzene rings is 6. The summed E-state index contributed by atoms with van der Waals surface area (Å²) in [6, 6.07) is 44.5. The van der Waals surface area contributed by atoms with Crippen molar-refractivity contribution in [1.29, 1.82) is 0 Å². The SMILES string of the molecule is C=CC(=O)Oc1ccc(-c2ccc(-c3ccccc3)cc2-c2cc3ccccc3cc2-c2ccc(OC(=O)C=C)cc2)cc1. The molecule has 0 unspecified atom stereocenters. The molecule has 6 rings (SSSR count). The molecular weight excluding hydrogens is 544 g/mol. The summed E-state index contributed by atoms with van der Waals surface area (Å²) in [4.78, 5) is 23.5. The van der Waals surface area contributed by atoms with Crippen molar-refractivity contribution in [3.63, 3.8) is 0 Å². The molecular formula is C40H28O4. The highest BCUT2D eigenvalue weighted by atomic mass is 16.5. The summed E-state index contributed by atoms with van der Waals surface area (Å²) in [6.07, 6.45) is 2.29. The number of ether oxygens (including phenoxy) is 2. The number of carbonyl (C=O) groups is 2. The minimum Gasteiger partial charge on any atom is -0.423 e. The highest BCUT2D eigenvalue weighted by molar-refractivity contribution is 6.00. The first-order chi connectivity index (χ1) is 21.5. The highest BCUT2D eigenvalue weighted by Gasteiger charge is 2.16. The zero-order valence-corrected chi connectivity index (χ0v) is 23.9. The van der Waals surface area contributed by atoms with Gasteiger partial charge in [-0.3, -0.25) is 0 Å². The number of hydrogen-bond donors (Lipinski definition) is 0. The molecule has 0 bridgehead atoms. The first kappa shape index (κ1) is 28.1. The molecule has 0 atom stereocenters. The Morgan fingerprint density at radius 3 is 1.43 bits per heavy atom. The summed E-state index contributed by atoms with van der Waals surface area (Å²) in [6.45, 7) is 6.95. The van der Waals surface area contributed by atoms with Crippen molar-refractivity contribution in [2.24, 2.45) is 0 Å². The molecule has 0 spiro atoms. The van der Waals surface area contributed by atoms with Crippen LogP contribution in [0.25, 0.3) is 55.3 Å². The quantitative estimate of drug-likeness (QED) is 0.104. The largest absolute Gasteiger partial charge is 0.423 e. The Hall–Kier alpha value is -6.00. The molecule has 212 valence electrons. The fourth-order valence-corrected chi connectivity index (χ4v) is 5.25. The van der Waals surface area contributed by atoms with Crippen LogP contribution in [0.2, 0.25) is 0 Å². The molecule has 0 saturated heterocycles. The molecule has 0 aromatic heterocycles. The Balaban J connectivity index is 1.55. The van der Waals surface area contributed by atoms with Crippen LogP contribution >= 0.6 is 0 Å². The van der Waals surface area contributed by atoms with E-state index in [2.05, 4.69) is 67.8 Å². The van der Waals surface area contributed by atoms with Gasteiger partial charge in [-0.25, -0.2) is 9.59 Å². The van der Waals surface area contributed by atoms with Crippen molar-refractivity contribution >= 4 is 22.7 Å². The second-order valence-electron chi connectivity index (χ2n) is 10.2. The van der Waals surface area contributed by atoms with Crippen LogP contribution in [0.5, 0.6) is 11.5 Å². The van der Waals surface area contributed by atoms with Gasteiger partial charge in [-0.1, -0.05) is 104 Å². The molecule has 44 heavy (non-hydrogen) atoms. The second kappa shape index (κ2) is 12.5. The van der Waals surface area contributed by atoms with Crippen LogP contribution in [-0.2, 0) is 9.59 Å². The van der Waals surface area contributed by atoms with Crippen molar-refractivity contribution in [3.8, 4) is 56.0 Å². The number of esters is 2.